The standard InChI is InChI=1S/C17H12IS/c1-3-9-16-14(7-1)15-8-2-4-10-17(15)19(16)13-6-5-11-18-12-13/h1-12H/q+1. The molecule has 3 aromatic rings. The van der Waals surface area contributed by atoms with E-state index in [1.807, 2.05) is 0 Å². The highest BCUT2D eigenvalue weighted by atomic mass is 127. The minimum atomic E-state index is 0.109. The van der Waals surface area contributed by atoms with E-state index in [9.17, 15) is 0 Å². The van der Waals surface area contributed by atoms with E-state index in [0.29, 0.717) is 0 Å². The Kier molecular flexibility index (Phi) is 2.85. The van der Waals surface area contributed by atoms with E-state index < -0.39 is 0 Å². The van der Waals surface area contributed by atoms with Crippen LogP contribution >= 0.6 is 31.2 Å². The minimum absolute atomic E-state index is 0.109. The Morgan fingerprint density at radius 3 is 2.00 bits per heavy atom. The van der Waals surface area contributed by atoms with Crippen LogP contribution in [0.3, 0.4) is 0 Å². The molecule has 0 amide bonds. The van der Waals surface area contributed by atoms with Crippen molar-refractivity contribution in [2.24, 2.45) is 0 Å². The van der Waals surface area contributed by atoms with Crippen LogP contribution in [0.5, 0.6) is 0 Å². The highest BCUT2D eigenvalue weighted by Crippen LogP contribution is 2.49. The van der Waals surface area contributed by atoms with Crippen LogP contribution < -0.4 is 0 Å². The first-order valence-electron chi connectivity index (χ1n) is 6.20. The van der Waals surface area contributed by atoms with Crippen LogP contribution in [0.4, 0.5) is 0 Å². The third-order valence-electron chi connectivity index (χ3n) is 3.32. The van der Waals surface area contributed by atoms with Crippen LogP contribution in [0.2, 0.25) is 0 Å². The van der Waals surface area contributed by atoms with Crippen molar-refractivity contribution in [1.82, 2.24) is 0 Å². The van der Waals surface area contributed by atoms with E-state index in [-0.39, 0.29) is 31.2 Å². The molecule has 0 saturated heterocycles. The van der Waals surface area contributed by atoms with Crippen molar-refractivity contribution < 1.29 is 0 Å². The van der Waals surface area contributed by atoms with E-state index in [0.717, 1.165) is 0 Å². The van der Waals surface area contributed by atoms with E-state index in [4.69, 9.17) is 0 Å². The van der Waals surface area contributed by atoms with Gasteiger partial charge in [0.2, 0.25) is 0 Å². The highest BCUT2D eigenvalue weighted by Gasteiger charge is 2.23. The molecule has 0 nitrogen and oxygen atoms in total. The van der Waals surface area contributed by atoms with Gasteiger partial charge < -0.3 is 0 Å². The lowest BCUT2D eigenvalue weighted by Crippen LogP contribution is -1.72. The second kappa shape index (κ2) is 4.69. The second-order valence-corrected chi connectivity index (χ2v) is 8.45. The van der Waals surface area contributed by atoms with Gasteiger partial charge in [0.25, 0.3) is 0 Å². The normalized spacial score (nSPS) is 14.6. The predicted molar refractivity (Wildman–Crippen MR) is 97.4 cm³/mol. The SMILES string of the molecule is C1=CC([s+]2c3ccccc3c3ccccc32)=CI=C1. The summed E-state index contributed by atoms with van der Waals surface area (Å²) in [5.41, 5.74) is 0. The molecule has 2 heteroatoms. The van der Waals surface area contributed by atoms with Crippen molar-refractivity contribution in [2.75, 3.05) is 0 Å². The first kappa shape index (κ1) is 11.6. The number of allylic oxidation sites excluding steroid dienone is 3. The van der Waals surface area contributed by atoms with Gasteiger partial charge in [-0.15, -0.1) is 0 Å². The Labute approximate surface area is 124 Å². The summed E-state index contributed by atoms with van der Waals surface area (Å²) in [5.74, 6) is 0. The molecule has 19 heavy (non-hydrogen) atoms. The Bertz CT molecular complexity index is 812. The summed E-state index contributed by atoms with van der Waals surface area (Å²) in [6, 6.07) is 17.7. The van der Waals surface area contributed by atoms with Crippen LogP contribution in [0.15, 0.2) is 64.8 Å². The molecule has 4 rings (SSSR count). The summed E-state index contributed by atoms with van der Waals surface area (Å²) >= 11 is 0.109. The van der Waals surface area contributed by atoms with Crippen LogP contribution in [0, 0.1) is 0 Å². The number of rotatable bonds is 1. The fourth-order valence-corrected chi connectivity index (χ4v) is 7.13. The Balaban J connectivity index is 2.20. The Morgan fingerprint density at radius 1 is 0.789 bits per heavy atom. The van der Waals surface area contributed by atoms with Gasteiger partial charge in [0.15, 0.2) is 14.3 Å². The van der Waals surface area contributed by atoms with E-state index in [1.54, 1.807) is 0 Å². The molecule has 0 atom stereocenters. The zero-order chi connectivity index (χ0) is 12.7. The number of hydrogen-bond acceptors (Lipinski definition) is 0. The summed E-state index contributed by atoms with van der Waals surface area (Å²) in [6.45, 7) is 0. The third-order valence-corrected chi connectivity index (χ3v) is 7.92. The third kappa shape index (κ3) is 1.82. The number of benzene rings is 2. The molecule has 0 radical (unpaired) electrons. The fourth-order valence-electron chi connectivity index (χ4n) is 2.53. The molecule has 1 aromatic heterocycles. The highest BCUT2D eigenvalue weighted by molar-refractivity contribution is 14.2. The van der Waals surface area contributed by atoms with E-state index >= 15 is 0 Å². The molecule has 0 spiro atoms. The summed E-state index contributed by atoms with van der Waals surface area (Å²) in [4.78, 5) is 1.51. The van der Waals surface area contributed by atoms with Gasteiger partial charge in [0, 0.05) is 25.3 Å². The van der Waals surface area contributed by atoms with Gasteiger partial charge in [-0.1, -0.05) is 51.1 Å². The monoisotopic (exact) mass is 375 g/mol. The summed E-state index contributed by atoms with van der Waals surface area (Å²) in [5, 5.41) is 2.84. The molecule has 2 aromatic carbocycles. The maximum atomic E-state index is 2.47. The van der Waals surface area contributed by atoms with Gasteiger partial charge in [0.1, 0.15) is 0 Å². The van der Waals surface area contributed by atoms with Gasteiger partial charge in [-0.3, -0.25) is 0 Å². The average molecular weight is 375 g/mol. The molecule has 1 aliphatic heterocycles. The number of hydrogen-bond donors (Lipinski definition) is 0. The van der Waals surface area contributed by atoms with Gasteiger partial charge in [-0.2, -0.15) is 0 Å². The number of thiophene rings is 1. The summed E-state index contributed by atoms with van der Waals surface area (Å²) < 4.78 is 7.77. The fraction of sp³-hybridized carbons (Fsp3) is 0. The van der Waals surface area contributed by atoms with Crippen molar-refractivity contribution >= 4 is 60.3 Å². The first-order valence-corrected chi connectivity index (χ1v) is 9.91. The lowest BCUT2D eigenvalue weighted by molar-refractivity contribution is 1.84. The molecule has 0 saturated carbocycles. The maximum Gasteiger partial charge on any atom is 0.187 e. The number of fused-ring (bicyclic) bond motifs is 3. The van der Waals surface area contributed by atoms with E-state index in [2.05, 4.69) is 68.8 Å². The zero-order valence-electron chi connectivity index (χ0n) is 10.2. The quantitative estimate of drug-likeness (QED) is 0.368. The van der Waals surface area contributed by atoms with Gasteiger partial charge in [-0.25, -0.2) is 0 Å². The average Bonchev–Trinajstić information content (AvgIpc) is 2.83. The van der Waals surface area contributed by atoms with Crippen LogP contribution in [-0.2, 0) is 0 Å². The van der Waals surface area contributed by atoms with Gasteiger partial charge in [0.05, 0.1) is 0 Å². The van der Waals surface area contributed by atoms with Gasteiger partial charge in [-0.05, 0) is 34.4 Å². The minimum Gasteiger partial charge on any atom is -0.0880 e. The molecule has 92 valence electrons. The lowest BCUT2D eigenvalue weighted by Gasteiger charge is -1.94. The molecule has 0 N–H and O–H groups in total. The van der Waals surface area contributed by atoms with Crippen LogP contribution in [0.25, 0.3) is 25.1 Å². The van der Waals surface area contributed by atoms with Gasteiger partial charge >= 0.3 is 0 Å². The Morgan fingerprint density at radius 2 is 1.42 bits per heavy atom. The molecular weight excluding hydrogens is 363 g/mol. The maximum absolute atomic E-state index is 2.47. The molecule has 2 heterocycles. The topological polar surface area (TPSA) is 0 Å². The zero-order valence-corrected chi connectivity index (χ0v) is 13.2. The summed E-state index contributed by atoms with van der Waals surface area (Å²) in [6.07, 6.45) is 4.53. The predicted octanol–water partition coefficient (Wildman–Crippen LogP) is 5.88. The van der Waals surface area contributed by atoms with Crippen LogP contribution in [0.1, 0.15) is 0 Å². The lowest BCUT2D eigenvalue weighted by atomic mass is 10.2. The molecule has 0 fully saturated rings. The van der Waals surface area contributed by atoms with Crippen molar-refractivity contribution in [3.63, 3.8) is 0 Å². The van der Waals surface area contributed by atoms with Crippen molar-refractivity contribution in [1.29, 1.82) is 0 Å². The number of halogens is 1. The second-order valence-electron chi connectivity index (χ2n) is 4.42. The molecule has 0 bridgehead atoms. The molecular formula is C17H12IS+. The molecule has 0 unspecified atom stereocenters. The largest absolute Gasteiger partial charge is 0.187 e. The summed E-state index contributed by atoms with van der Waals surface area (Å²) in [7, 11) is 0.118. The van der Waals surface area contributed by atoms with Crippen molar-refractivity contribution in [2.45, 2.75) is 0 Å². The Hall–Kier alpha value is -1.26. The van der Waals surface area contributed by atoms with E-state index in [1.165, 1.54) is 25.1 Å². The molecule has 0 aliphatic carbocycles. The molecule has 1 aliphatic rings. The van der Waals surface area contributed by atoms with Crippen LogP contribution in [-0.4, -0.2) is 4.01 Å². The first-order chi connectivity index (χ1) is 9.45. The van der Waals surface area contributed by atoms with Crippen molar-refractivity contribution in [3.8, 4) is 0 Å². The smallest absolute Gasteiger partial charge is 0.0880 e. The van der Waals surface area contributed by atoms with Crippen molar-refractivity contribution in [3.05, 3.63) is 64.8 Å².